The summed E-state index contributed by atoms with van der Waals surface area (Å²) in [5.74, 6) is 0.453. The van der Waals surface area contributed by atoms with Crippen LogP contribution in [-0.4, -0.2) is 47.7 Å². The van der Waals surface area contributed by atoms with Crippen molar-refractivity contribution < 1.29 is 9.53 Å². The smallest absolute Gasteiger partial charge is 0.410 e. The van der Waals surface area contributed by atoms with Crippen LogP contribution < -0.4 is 5.73 Å². The molecular weight excluding hydrogens is 232 g/mol. The summed E-state index contributed by atoms with van der Waals surface area (Å²) in [6.07, 6.45) is 0.998. The van der Waals surface area contributed by atoms with Crippen molar-refractivity contribution in [1.82, 2.24) is 9.80 Å². The Morgan fingerprint density at radius 1 is 1.28 bits per heavy atom. The third kappa shape index (κ3) is 4.17. The predicted octanol–water partition coefficient (Wildman–Crippen LogP) is 1.22. The molecule has 0 spiro atoms. The fraction of sp³-hybridized carbons (Fsp3) is 0.667. The lowest BCUT2D eigenvalue weighted by Crippen LogP contribution is -2.50. The molecule has 6 heteroatoms. The summed E-state index contributed by atoms with van der Waals surface area (Å²) in [4.78, 5) is 18.5. The quantitative estimate of drug-likeness (QED) is 0.713. The van der Waals surface area contributed by atoms with Crippen molar-refractivity contribution in [2.24, 2.45) is 5.73 Å². The number of hydrogen-bond acceptors (Lipinski definition) is 4. The zero-order chi connectivity index (χ0) is 13.8. The number of rotatable bonds is 1. The Kier molecular flexibility index (Phi) is 4.43. The van der Waals surface area contributed by atoms with Crippen molar-refractivity contribution in [3.63, 3.8) is 0 Å². The Labute approximate surface area is 108 Å². The Morgan fingerprint density at radius 2 is 1.78 bits per heavy atom. The fourth-order valence-corrected chi connectivity index (χ4v) is 1.62. The van der Waals surface area contributed by atoms with Gasteiger partial charge in [-0.3, -0.25) is 0 Å². The van der Waals surface area contributed by atoms with Gasteiger partial charge in [0.05, 0.1) is 12.4 Å². The van der Waals surface area contributed by atoms with E-state index in [9.17, 15) is 4.79 Å². The first-order valence-corrected chi connectivity index (χ1v) is 5.88. The third-order valence-electron chi connectivity index (χ3n) is 2.49. The van der Waals surface area contributed by atoms with Gasteiger partial charge in [-0.1, -0.05) is 0 Å². The molecule has 1 amide bonds. The molecule has 0 aromatic carbocycles. The maximum absolute atomic E-state index is 11.8. The van der Waals surface area contributed by atoms with Crippen LogP contribution in [0.25, 0.3) is 4.85 Å². The molecule has 1 fully saturated rings. The highest BCUT2D eigenvalue weighted by molar-refractivity contribution is 5.68. The SMILES string of the molecule is [C-]#[N+]/C=C(\N)N1CCN(C(=O)OC(C)(C)C)CC1. The summed E-state index contributed by atoms with van der Waals surface area (Å²) in [6, 6.07) is 0. The van der Waals surface area contributed by atoms with Crippen molar-refractivity contribution in [3.8, 4) is 0 Å². The van der Waals surface area contributed by atoms with Gasteiger partial charge in [0.25, 0.3) is 0 Å². The van der Waals surface area contributed by atoms with E-state index >= 15 is 0 Å². The molecule has 18 heavy (non-hydrogen) atoms. The van der Waals surface area contributed by atoms with Gasteiger partial charge >= 0.3 is 6.09 Å². The van der Waals surface area contributed by atoms with Crippen molar-refractivity contribution in [3.05, 3.63) is 23.4 Å². The van der Waals surface area contributed by atoms with Gasteiger partial charge in [-0.15, -0.1) is 0 Å². The number of nitrogens with two attached hydrogens (primary N) is 1. The molecule has 1 aliphatic heterocycles. The van der Waals surface area contributed by atoms with Gasteiger partial charge in [0, 0.05) is 26.2 Å². The minimum absolute atomic E-state index is 0.296. The highest BCUT2D eigenvalue weighted by Crippen LogP contribution is 2.12. The van der Waals surface area contributed by atoms with Gasteiger partial charge in [0.1, 0.15) is 5.60 Å². The summed E-state index contributed by atoms with van der Waals surface area (Å²) in [5.41, 5.74) is 5.25. The summed E-state index contributed by atoms with van der Waals surface area (Å²) < 4.78 is 5.29. The topological polar surface area (TPSA) is 63.2 Å². The summed E-state index contributed by atoms with van der Waals surface area (Å²) in [7, 11) is 0. The molecule has 0 bridgehead atoms. The highest BCUT2D eigenvalue weighted by atomic mass is 16.6. The summed E-state index contributed by atoms with van der Waals surface area (Å²) in [5, 5.41) is 0. The van der Waals surface area contributed by atoms with Crippen LogP contribution in [0, 0.1) is 6.57 Å². The molecule has 0 saturated carbocycles. The molecule has 1 aliphatic rings. The van der Waals surface area contributed by atoms with Gasteiger partial charge in [0.15, 0.2) is 6.20 Å². The molecule has 0 aromatic heterocycles. The molecule has 0 atom stereocenters. The molecule has 2 N–H and O–H groups in total. The number of ether oxygens (including phenoxy) is 1. The lowest BCUT2D eigenvalue weighted by Gasteiger charge is -2.36. The van der Waals surface area contributed by atoms with E-state index in [1.54, 1.807) is 4.90 Å². The second-order valence-corrected chi connectivity index (χ2v) is 5.14. The molecule has 0 aliphatic carbocycles. The van der Waals surface area contributed by atoms with Crippen LogP contribution in [0.2, 0.25) is 0 Å². The summed E-state index contributed by atoms with van der Waals surface area (Å²) in [6.45, 7) is 14.6. The number of carbonyl (C=O) groups excluding carboxylic acids is 1. The van der Waals surface area contributed by atoms with Crippen molar-refractivity contribution in [1.29, 1.82) is 0 Å². The molecule has 0 aromatic rings. The van der Waals surface area contributed by atoms with Crippen molar-refractivity contribution in [2.45, 2.75) is 26.4 Å². The fourth-order valence-electron chi connectivity index (χ4n) is 1.62. The van der Waals surface area contributed by atoms with Crippen LogP contribution in [0.3, 0.4) is 0 Å². The zero-order valence-corrected chi connectivity index (χ0v) is 11.1. The number of piperazine rings is 1. The van der Waals surface area contributed by atoms with Crippen LogP contribution in [-0.2, 0) is 4.74 Å². The van der Waals surface area contributed by atoms with Gasteiger partial charge < -0.3 is 20.3 Å². The van der Waals surface area contributed by atoms with Gasteiger partial charge in [-0.25, -0.2) is 9.64 Å². The Bertz CT molecular complexity index is 371. The second kappa shape index (κ2) is 5.63. The highest BCUT2D eigenvalue weighted by Gasteiger charge is 2.25. The van der Waals surface area contributed by atoms with E-state index in [0.717, 1.165) is 0 Å². The lowest BCUT2D eigenvalue weighted by atomic mass is 10.2. The number of nitrogens with zero attached hydrogens (tertiary/aromatic N) is 3. The number of carbonyl (C=O) groups is 1. The van der Waals surface area contributed by atoms with E-state index in [1.807, 2.05) is 25.7 Å². The van der Waals surface area contributed by atoms with E-state index in [4.69, 9.17) is 17.0 Å². The van der Waals surface area contributed by atoms with Crippen molar-refractivity contribution in [2.75, 3.05) is 26.2 Å². The molecule has 1 heterocycles. The van der Waals surface area contributed by atoms with E-state index < -0.39 is 5.60 Å². The van der Waals surface area contributed by atoms with Gasteiger partial charge in [-0.2, -0.15) is 0 Å². The average Bonchev–Trinajstić information content (AvgIpc) is 2.27. The van der Waals surface area contributed by atoms with E-state index in [0.29, 0.717) is 32.0 Å². The Hall–Kier alpha value is -1.90. The first-order chi connectivity index (χ1) is 8.33. The largest absolute Gasteiger partial charge is 0.444 e. The third-order valence-corrected chi connectivity index (χ3v) is 2.49. The molecule has 6 nitrogen and oxygen atoms in total. The molecule has 0 unspecified atom stereocenters. The number of hydrogen-bond donors (Lipinski definition) is 1. The van der Waals surface area contributed by atoms with E-state index in [-0.39, 0.29) is 6.09 Å². The number of amides is 1. The van der Waals surface area contributed by atoms with Crippen molar-refractivity contribution >= 4 is 6.09 Å². The minimum Gasteiger partial charge on any atom is -0.444 e. The van der Waals surface area contributed by atoms with Crippen LogP contribution in [0.15, 0.2) is 12.0 Å². The molecular formula is C12H20N4O2. The standard InChI is InChI=1S/C12H20N4O2/c1-12(2,3)18-11(17)16-7-5-15(6-8-16)10(13)9-14-4/h9H,5-8,13H2,1-3H3/b10-9+. The maximum Gasteiger partial charge on any atom is 0.410 e. The van der Waals surface area contributed by atoms with Crippen LogP contribution in [0.4, 0.5) is 4.79 Å². The average molecular weight is 252 g/mol. The second-order valence-electron chi connectivity index (χ2n) is 5.14. The van der Waals surface area contributed by atoms with Gasteiger partial charge in [-0.05, 0) is 20.8 Å². The molecule has 0 radical (unpaired) electrons. The zero-order valence-electron chi connectivity index (χ0n) is 11.1. The molecule has 100 valence electrons. The maximum atomic E-state index is 11.8. The monoisotopic (exact) mass is 252 g/mol. The Morgan fingerprint density at radius 3 is 2.22 bits per heavy atom. The van der Waals surface area contributed by atoms with Crippen LogP contribution in [0.1, 0.15) is 20.8 Å². The van der Waals surface area contributed by atoms with Crippen LogP contribution in [0.5, 0.6) is 0 Å². The first kappa shape index (κ1) is 14.2. The molecule has 1 saturated heterocycles. The van der Waals surface area contributed by atoms with Gasteiger partial charge in [0.2, 0.25) is 0 Å². The first-order valence-electron chi connectivity index (χ1n) is 5.88. The normalized spacial score (nSPS) is 17.3. The van der Waals surface area contributed by atoms with Crippen LogP contribution >= 0.6 is 0 Å². The Balaban J connectivity index is 2.47. The van der Waals surface area contributed by atoms with E-state index in [1.165, 1.54) is 6.20 Å². The summed E-state index contributed by atoms with van der Waals surface area (Å²) >= 11 is 0. The lowest BCUT2D eigenvalue weighted by molar-refractivity contribution is 0.0168. The predicted molar refractivity (Wildman–Crippen MR) is 68.3 cm³/mol. The molecule has 1 rings (SSSR count). The van der Waals surface area contributed by atoms with E-state index in [2.05, 4.69) is 4.85 Å². The minimum atomic E-state index is -0.475.